The monoisotopic (exact) mass is 323 g/mol. The van der Waals surface area contributed by atoms with Gasteiger partial charge in [-0.3, -0.25) is 4.79 Å². The van der Waals surface area contributed by atoms with Gasteiger partial charge in [-0.2, -0.15) is 0 Å². The maximum absolute atomic E-state index is 12.2. The Kier molecular flexibility index (Phi) is 3.95. The molecule has 0 bridgehead atoms. The van der Waals surface area contributed by atoms with E-state index in [0.717, 1.165) is 15.8 Å². The van der Waals surface area contributed by atoms with Gasteiger partial charge in [0.25, 0.3) is 5.91 Å². The van der Waals surface area contributed by atoms with E-state index < -0.39 is 0 Å². The average Bonchev–Trinajstić information content (AvgIpc) is 2.74. The predicted molar refractivity (Wildman–Crippen MR) is 75.0 cm³/mol. The lowest BCUT2D eigenvalue weighted by atomic mass is 10.1. The highest BCUT2D eigenvalue weighted by molar-refractivity contribution is 9.10. The number of benzene rings is 1. The fourth-order valence-electron chi connectivity index (χ4n) is 1.79. The molecule has 0 aliphatic carbocycles. The molecule has 1 heterocycles. The maximum atomic E-state index is 12.2. The summed E-state index contributed by atoms with van der Waals surface area (Å²) in [5.41, 5.74) is 1.24. The highest BCUT2D eigenvalue weighted by Crippen LogP contribution is 2.24. The van der Waals surface area contributed by atoms with E-state index in [1.165, 1.54) is 6.07 Å². The molecule has 0 spiro atoms. The lowest BCUT2D eigenvalue weighted by Crippen LogP contribution is -2.26. The molecule has 0 saturated carbocycles. The smallest absolute Gasteiger partial charge is 0.257 e. The molecule has 4 nitrogen and oxygen atoms in total. The van der Waals surface area contributed by atoms with Gasteiger partial charge in [-0.05, 0) is 31.2 Å². The SMILES string of the molecule is Cc1occc1CN(C)C(=O)c1ccc(Br)cc1O. The first-order valence-electron chi connectivity index (χ1n) is 5.76. The zero-order chi connectivity index (χ0) is 14.0. The van der Waals surface area contributed by atoms with E-state index in [1.807, 2.05) is 13.0 Å². The van der Waals surface area contributed by atoms with Gasteiger partial charge in [-0.25, -0.2) is 0 Å². The van der Waals surface area contributed by atoms with Gasteiger partial charge in [0.2, 0.25) is 0 Å². The molecule has 1 amide bonds. The number of rotatable bonds is 3. The molecule has 1 aromatic carbocycles. The van der Waals surface area contributed by atoms with E-state index >= 15 is 0 Å². The Bertz CT molecular complexity index is 606. The van der Waals surface area contributed by atoms with Crippen molar-refractivity contribution in [1.82, 2.24) is 4.90 Å². The van der Waals surface area contributed by atoms with Crippen LogP contribution >= 0.6 is 15.9 Å². The van der Waals surface area contributed by atoms with Crippen LogP contribution in [-0.4, -0.2) is 23.0 Å². The Morgan fingerprint density at radius 2 is 2.16 bits per heavy atom. The quantitative estimate of drug-likeness (QED) is 0.942. The molecule has 100 valence electrons. The summed E-state index contributed by atoms with van der Waals surface area (Å²) in [6.07, 6.45) is 1.60. The summed E-state index contributed by atoms with van der Waals surface area (Å²) in [6.45, 7) is 2.29. The number of carbonyl (C=O) groups excluding carboxylic acids is 1. The highest BCUT2D eigenvalue weighted by Gasteiger charge is 2.17. The topological polar surface area (TPSA) is 53.7 Å². The van der Waals surface area contributed by atoms with Gasteiger partial charge in [0.1, 0.15) is 11.5 Å². The molecular weight excluding hydrogens is 310 g/mol. The summed E-state index contributed by atoms with van der Waals surface area (Å²) >= 11 is 3.24. The number of nitrogens with zero attached hydrogens (tertiary/aromatic N) is 1. The lowest BCUT2D eigenvalue weighted by Gasteiger charge is -2.17. The summed E-state index contributed by atoms with van der Waals surface area (Å²) in [5, 5.41) is 9.80. The summed E-state index contributed by atoms with van der Waals surface area (Å²) in [7, 11) is 1.69. The first-order valence-corrected chi connectivity index (χ1v) is 6.55. The van der Waals surface area contributed by atoms with E-state index in [-0.39, 0.29) is 17.2 Å². The molecule has 0 radical (unpaired) electrons. The third-order valence-corrected chi connectivity index (χ3v) is 3.40. The van der Waals surface area contributed by atoms with Crippen molar-refractivity contribution in [2.75, 3.05) is 7.05 Å². The molecule has 0 aliphatic rings. The summed E-state index contributed by atoms with van der Waals surface area (Å²) in [4.78, 5) is 13.8. The highest BCUT2D eigenvalue weighted by atomic mass is 79.9. The maximum Gasteiger partial charge on any atom is 0.257 e. The number of phenols is 1. The molecule has 19 heavy (non-hydrogen) atoms. The second-order valence-corrected chi connectivity index (χ2v) is 5.24. The zero-order valence-corrected chi connectivity index (χ0v) is 12.3. The van der Waals surface area contributed by atoms with Crippen LogP contribution in [0.4, 0.5) is 0 Å². The van der Waals surface area contributed by atoms with Crippen LogP contribution in [0.15, 0.2) is 39.4 Å². The first kappa shape index (κ1) is 13.7. The van der Waals surface area contributed by atoms with Crippen LogP contribution in [0.1, 0.15) is 21.7 Å². The summed E-state index contributed by atoms with van der Waals surface area (Å²) in [5.74, 6) is 0.528. The van der Waals surface area contributed by atoms with Crippen LogP contribution in [0.2, 0.25) is 0 Å². The molecule has 0 saturated heterocycles. The van der Waals surface area contributed by atoms with Crippen LogP contribution in [-0.2, 0) is 6.54 Å². The molecular formula is C14H14BrNO3. The third kappa shape index (κ3) is 2.98. The molecule has 0 fully saturated rings. The lowest BCUT2D eigenvalue weighted by molar-refractivity contribution is 0.0781. The molecule has 1 aromatic heterocycles. The number of carbonyl (C=O) groups is 1. The first-order chi connectivity index (χ1) is 8.99. The van der Waals surface area contributed by atoms with Gasteiger partial charge >= 0.3 is 0 Å². The minimum Gasteiger partial charge on any atom is -0.507 e. The summed E-state index contributed by atoms with van der Waals surface area (Å²) in [6, 6.07) is 6.66. The second-order valence-electron chi connectivity index (χ2n) is 4.32. The number of hydrogen-bond donors (Lipinski definition) is 1. The largest absolute Gasteiger partial charge is 0.507 e. The Morgan fingerprint density at radius 1 is 1.42 bits per heavy atom. The van der Waals surface area contributed by atoms with Crippen molar-refractivity contribution in [3.63, 3.8) is 0 Å². The standard InChI is InChI=1S/C14H14BrNO3/c1-9-10(5-6-19-9)8-16(2)14(18)12-4-3-11(15)7-13(12)17/h3-7,17H,8H2,1-2H3. The van der Waals surface area contributed by atoms with E-state index in [0.29, 0.717) is 6.54 Å². The van der Waals surface area contributed by atoms with Crippen LogP contribution in [0, 0.1) is 6.92 Å². The Balaban J connectivity index is 2.17. The van der Waals surface area contributed by atoms with Gasteiger partial charge in [-0.15, -0.1) is 0 Å². The molecule has 1 N–H and O–H groups in total. The molecule has 2 rings (SSSR count). The van der Waals surface area contributed by atoms with Crippen molar-refractivity contribution in [3.05, 3.63) is 51.9 Å². The van der Waals surface area contributed by atoms with Crippen molar-refractivity contribution in [2.24, 2.45) is 0 Å². The minimum atomic E-state index is -0.231. The number of hydrogen-bond acceptors (Lipinski definition) is 3. The van der Waals surface area contributed by atoms with E-state index in [1.54, 1.807) is 30.3 Å². The second kappa shape index (κ2) is 5.48. The number of amides is 1. The average molecular weight is 324 g/mol. The fourth-order valence-corrected chi connectivity index (χ4v) is 2.14. The van der Waals surface area contributed by atoms with Crippen LogP contribution < -0.4 is 0 Å². The van der Waals surface area contributed by atoms with Crippen molar-refractivity contribution >= 4 is 21.8 Å². The molecule has 5 heteroatoms. The third-order valence-electron chi connectivity index (χ3n) is 2.91. The van der Waals surface area contributed by atoms with E-state index in [4.69, 9.17) is 4.42 Å². The molecule has 0 atom stereocenters. The zero-order valence-electron chi connectivity index (χ0n) is 10.7. The number of aryl methyl sites for hydroxylation is 1. The van der Waals surface area contributed by atoms with Gasteiger partial charge < -0.3 is 14.4 Å². The van der Waals surface area contributed by atoms with E-state index in [9.17, 15) is 9.90 Å². The fraction of sp³-hybridized carbons (Fsp3) is 0.214. The molecule has 0 aliphatic heterocycles. The Morgan fingerprint density at radius 3 is 2.74 bits per heavy atom. The Labute approximate surface area is 119 Å². The van der Waals surface area contributed by atoms with E-state index in [2.05, 4.69) is 15.9 Å². The van der Waals surface area contributed by atoms with Gasteiger partial charge in [-0.1, -0.05) is 15.9 Å². The molecule has 2 aromatic rings. The van der Waals surface area contributed by atoms with Crippen molar-refractivity contribution in [2.45, 2.75) is 13.5 Å². The van der Waals surface area contributed by atoms with Crippen LogP contribution in [0.25, 0.3) is 0 Å². The minimum absolute atomic E-state index is 0.0323. The van der Waals surface area contributed by atoms with Crippen molar-refractivity contribution in [1.29, 1.82) is 0 Å². The number of aromatic hydroxyl groups is 1. The predicted octanol–water partition coefficient (Wildman–Crippen LogP) is 3.33. The normalized spacial score (nSPS) is 10.5. The van der Waals surface area contributed by atoms with Crippen molar-refractivity contribution in [3.8, 4) is 5.75 Å². The number of halogens is 1. The molecule has 0 unspecified atom stereocenters. The van der Waals surface area contributed by atoms with Crippen LogP contribution in [0.5, 0.6) is 5.75 Å². The number of phenolic OH excluding ortho intramolecular Hbond substituents is 1. The number of furan rings is 1. The van der Waals surface area contributed by atoms with Gasteiger partial charge in [0.05, 0.1) is 11.8 Å². The van der Waals surface area contributed by atoms with Gasteiger partial charge in [0.15, 0.2) is 0 Å². The van der Waals surface area contributed by atoms with Gasteiger partial charge in [0, 0.05) is 23.6 Å². The van der Waals surface area contributed by atoms with Crippen LogP contribution in [0.3, 0.4) is 0 Å². The summed E-state index contributed by atoms with van der Waals surface area (Å²) < 4.78 is 5.93. The Hall–Kier alpha value is -1.75. The van der Waals surface area contributed by atoms with Crippen molar-refractivity contribution < 1.29 is 14.3 Å².